The van der Waals surface area contributed by atoms with Gasteiger partial charge >= 0.3 is 0 Å². The van der Waals surface area contributed by atoms with Crippen LogP contribution in [0.3, 0.4) is 0 Å². The van der Waals surface area contributed by atoms with Crippen LogP contribution in [0.1, 0.15) is 24.8 Å². The van der Waals surface area contributed by atoms with Gasteiger partial charge in [-0.05, 0) is 43.9 Å². The van der Waals surface area contributed by atoms with Crippen molar-refractivity contribution in [3.63, 3.8) is 0 Å². The lowest BCUT2D eigenvalue weighted by molar-refractivity contribution is 0.637. The first-order chi connectivity index (χ1) is 7.18. The molecule has 1 aliphatic rings. The first kappa shape index (κ1) is 10.8. The molecule has 3 N–H and O–H groups in total. The summed E-state index contributed by atoms with van der Waals surface area (Å²) >= 11 is 6.06. The summed E-state index contributed by atoms with van der Waals surface area (Å²) in [5.74, 6) is 0. The van der Waals surface area contributed by atoms with Crippen molar-refractivity contribution in [1.29, 1.82) is 0 Å². The molecule has 0 bridgehead atoms. The smallest absolute Gasteiger partial charge is 0.0455 e. The minimum absolute atomic E-state index is 0.281. The van der Waals surface area contributed by atoms with Crippen LogP contribution in [0.5, 0.6) is 0 Å². The predicted octanol–water partition coefficient (Wildman–Crippen LogP) is 2.94. The summed E-state index contributed by atoms with van der Waals surface area (Å²) in [7, 11) is 0. The molecule has 1 fully saturated rings. The van der Waals surface area contributed by atoms with Gasteiger partial charge in [0.05, 0.1) is 0 Å². The molecule has 2 rings (SSSR count). The highest BCUT2D eigenvalue weighted by Crippen LogP contribution is 2.27. The number of nitrogens with two attached hydrogens (primary N) is 1. The van der Waals surface area contributed by atoms with Gasteiger partial charge in [0.2, 0.25) is 0 Å². The Bertz CT molecular complexity index is 351. The van der Waals surface area contributed by atoms with Gasteiger partial charge in [0.1, 0.15) is 0 Å². The number of benzene rings is 1. The fourth-order valence-electron chi connectivity index (χ4n) is 2.13. The second-order valence-corrected chi connectivity index (χ2v) is 4.67. The standard InChI is InChI=1S/C12H17ClN2/c1-8-9(13)4-2-6-11(8)15-12-7-3-5-10(12)14/h2,4,6,10,12,15H,3,5,7,14H2,1H3. The molecule has 0 saturated heterocycles. The average molecular weight is 225 g/mol. The van der Waals surface area contributed by atoms with Crippen molar-refractivity contribution in [3.05, 3.63) is 28.8 Å². The Kier molecular flexibility index (Phi) is 3.17. The van der Waals surface area contributed by atoms with E-state index in [4.69, 9.17) is 17.3 Å². The van der Waals surface area contributed by atoms with E-state index in [0.717, 1.165) is 29.1 Å². The Morgan fingerprint density at radius 2 is 2.20 bits per heavy atom. The Morgan fingerprint density at radius 3 is 2.87 bits per heavy atom. The summed E-state index contributed by atoms with van der Waals surface area (Å²) in [6, 6.07) is 6.63. The maximum absolute atomic E-state index is 6.06. The summed E-state index contributed by atoms with van der Waals surface area (Å²) in [5, 5.41) is 4.30. The molecule has 2 nitrogen and oxygen atoms in total. The van der Waals surface area contributed by atoms with Gasteiger partial charge in [-0.15, -0.1) is 0 Å². The lowest BCUT2D eigenvalue weighted by Gasteiger charge is -2.20. The second-order valence-electron chi connectivity index (χ2n) is 4.26. The summed E-state index contributed by atoms with van der Waals surface area (Å²) in [6.07, 6.45) is 3.50. The van der Waals surface area contributed by atoms with Crippen LogP contribution in [0.25, 0.3) is 0 Å². The molecule has 1 aromatic rings. The molecule has 1 aliphatic carbocycles. The van der Waals surface area contributed by atoms with Crippen LogP contribution in [-0.4, -0.2) is 12.1 Å². The van der Waals surface area contributed by atoms with Crippen LogP contribution in [0.15, 0.2) is 18.2 Å². The molecule has 1 aromatic carbocycles. The van der Waals surface area contributed by atoms with Crippen molar-refractivity contribution in [3.8, 4) is 0 Å². The lowest BCUT2D eigenvalue weighted by Crippen LogP contribution is -2.35. The molecule has 0 amide bonds. The van der Waals surface area contributed by atoms with Gasteiger partial charge in [-0.25, -0.2) is 0 Å². The third-order valence-electron chi connectivity index (χ3n) is 3.18. The van der Waals surface area contributed by atoms with E-state index < -0.39 is 0 Å². The minimum atomic E-state index is 0.281. The van der Waals surface area contributed by atoms with E-state index in [1.807, 2.05) is 19.1 Å². The molecule has 3 heteroatoms. The van der Waals surface area contributed by atoms with E-state index in [-0.39, 0.29) is 6.04 Å². The van der Waals surface area contributed by atoms with Crippen molar-refractivity contribution in [2.75, 3.05) is 5.32 Å². The Balaban J connectivity index is 2.13. The molecule has 2 unspecified atom stereocenters. The molecule has 2 atom stereocenters. The van der Waals surface area contributed by atoms with Gasteiger partial charge in [-0.2, -0.15) is 0 Å². The van der Waals surface area contributed by atoms with Crippen molar-refractivity contribution in [1.82, 2.24) is 0 Å². The highest BCUT2D eigenvalue weighted by atomic mass is 35.5. The van der Waals surface area contributed by atoms with Gasteiger partial charge < -0.3 is 11.1 Å². The Labute approximate surface area is 95.8 Å². The van der Waals surface area contributed by atoms with E-state index in [1.165, 1.54) is 6.42 Å². The third-order valence-corrected chi connectivity index (χ3v) is 3.59. The second kappa shape index (κ2) is 4.42. The molecule has 0 spiro atoms. The minimum Gasteiger partial charge on any atom is -0.380 e. The van der Waals surface area contributed by atoms with Crippen molar-refractivity contribution in [2.45, 2.75) is 38.3 Å². The highest BCUT2D eigenvalue weighted by molar-refractivity contribution is 6.31. The van der Waals surface area contributed by atoms with Crippen LogP contribution in [0.2, 0.25) is 5.02 Å². The number of hydrogen-bond acceptors (Lipinski definition) is 2. The Hall–Kier alpha value is -0.730. The fraction of sp³-hybridized carbons (Fsp3) is 0.500. The monoisotopic (exact) mass is 224 g/mol. The predicted molar refractivity (Wildman–Crippen MR) is 65.4 cm³/mol. The molecule has 0 radical (unpaired) electrons. The SMILES string of the molecule is Cc1c(Cl)cccc1NC1CCCC1N. The third kappa shape index (κ3) is 2.27. The summed E-state index contributed by atoms with van der Waals surface area (Å²) < 4.78 is 0. The maximum Gasteiger partial charge on any atom is 0.0455 e. The molecular weight excluding hydrogens is 208 g/mol. The van der Waals surface area contributed by atoms with Crippen LogP contribution in [0, 0.1) is 6.92 Å². The quantitative estimate of drug-likeness (QED) is 0.811. The van der Waals surface area contributed by atoms with Gasteiger partial charge in [-0.1, -0.05) is 17.7 Å². The fourth-order valence-corrected chi connectivity index (χ4v) is 2.31. The normalized spacial score (nSPS) is 25.5. The van der Waals surface area contributed by atoms with Crippen LogP contribution >= 0.6 is 11.6 Å². The highest BCUT2D eigenvalue weighted by Gasteiger charge is 2.23. The number of halogens is 1. The first-order valence-corrected chi connectivity index (χ1v) is 5.83. The zero-order valence-electron chi connectivity index (χ0n) is 8.96. The lowest BCUT2D eigenvalue weighted by atomic mass is 10.1. The Morgan fingerprint density at radius 1 is 1.40 bits per heavy atom. The number of hydrogen-bond donors (Lipinski definition) is 2. The summed E-state index contributed by atoms with van der Waals surface area (Å²) in [5.41, 5.74) is 8.24. The van der Waals surface area contributed by atoms with E-state index in [9.17, 15) is 0 Å². The van der Waals surface area contributed by atoms with E-state index >= 15 is 0 Å². The van der Waals surface area contributed by atoms with Gasteiger partial charge in [0.15, 0.2) is 0 Å². The number of nitrogens with one attached hydrogen (secondary N) is 1. The molecule has 0 aromatic heterocycles. The van der Waals surface area contributed by atoms with Crippen molar-refractivity contribution < 1.29 is 0 Å². The van der Waals surface area contributed by atoms with E-state index in [1.54, 1.807) is 0 Å². The van der Waals surface area contributed by atoms with Crippen LogP contribution < -0.4 is 11.1 Å². The summed E-state index contributed by atoms with van der Waals surface area (Å²) in [6.45, 7) is 2.03. The van der Waals surface area contributed by atoms with Crippen LogP contribution in [0.4, 0.5) is 5.69 Å². The van der Waals surface area contributed by atoms with Gasteiger partial charge in [-0.3, -0.25) is 0 Å². The van der Waals surface area contributed by atoms with Crippen LogP contribution in [-0.2, 0) is 0 Å². The number of rotatable bonds is 2. The van der Waals surface area contributed by atoms with Crippen molar-refractivity contribution in [2.24, 2.45) is 5.73 Å². The molecule has 82 valence electrons. The molecule has 15 heavy (non-hydrogen) atoms. The molecule has 0 heterocycles. The topological polar surface area (TPSA) is 38.0 Å². The van der Waals surface area contributed by atoms with Crippen molar-refractivity contribution >= 4 is 17.3 Å². The molecule has 1 saturated carbocycles. The number of anilines is 1. The van der Waals surface area contributed by atoms with Gasteiger partial charge in [0, 0.05) is 22.8 Å². The molecule has 0 aliphatic heterocycles. The zero-order chi connectivity index (χ0) is 10.8. The van der Waals surface area contributed by atoms with E-state index in [2.05, 4.69) is 11.4 Å². The maximum atomic E-state index is 6.06. The van der Waals surface area contributed by atoms with E-state index in [0.29, 0.717) is 6.04 Å². The summed E-state index contributed by atoms with van der Waals surface area (Å²) in [4.78, 5) is 0. The first-order valence-electron chi connectivity index (χ1n) is 5.45. The average Bonchev–Trinajstić information content (AvgIpc) is 2.60. The largest absolute Gasteiger partial charge is 0.380 e. The molecular formula is C12H17ClN2. The van der Waals surface area contributed by atoms with Gasteiger partial charge in [0.25, 0.3) is 0 Å². The zero-order valence-corrected chi connectivity index (χ0v) is 9.72.